The van der Waals surface area contributed by atoms with E-state index in [1.807, 2.05) is 0 Å². The van der Waals surface area contributed by atoms with E-state index in [1.165, 1.54) is 4.90 Å². The van der Waals surface area contributed by atoms with Crippen molar-refractivity contribution in [3.8, 4) is 0 Å². The maximum absolute atomic E-state index is 11.5. The molecule has 1 amide bonds. The van der Waals surface area contributed by atoms with Gasteiger partial charge in [-0.1, -0.05) is 0 Å². The van der Waals surface area contributed by atoms with Crippen molar-refractivity contribution >= 4 is 16.5 Å². The molecular formula is C9H17NO6S. The predicted octanol–water partition coefficient (Wildman–Crippen LogP) is 0.513. The van der Waals surface area contributed by atoms with Crippen LogP contribution < -0.4 is 0 Å². The maximum Gasteiger partial charge on any atom is 0.410 e. The van der Waals surface area contributed by atoms with E-state index in [1.54, 1.807) is 20.8 Å². The highest BCUT2D eigenvalue weighted by molar-refractivity contribution is 7.81. The molecule has 0 radical (unpaired) electrons. The average Bonchev–Trinajstić information content (AvgIpc) is 2.07. The first-order valence-corrected chi connectivity index (χ1v) is 6.43. The van der Waals surface area contributed by atoms with Gasteiger partial charge in [-0.3, -0.25) is 4.18 Å². The van der Waals surface area contributed by atoms with Crippen LogP contribution in [0.1, 0.15) is 20.8 Å². The number of hydrogen-bond donors (Lipinski definition) is 0. The molecule has 1 saturated heterocycles. The molecular weight excluding hydrogens is 250 g/mol. The highest BCUT2D eigenvalue weighted by Crippen LogP contribution is 2.18. The molecule has 1 fully saturated rings. The van der Waals surface area contributed by atoms with Gasteiger partial charge >= 0.3 is 16.5 Å². The van der Waals surface area contributed by atoms with Gasteiger partial charge < -0.3 is 9.64 Å². The molecule has 0 spiro atoms. The fraction of sp³-hybridized carbons (Fsp3) is 0.889. The van der Waals surface area contributed by atoms with Gasteiger partial charge in [0.15, 0.2) is 0 Å². The van der Waals surface area contributed by atoms with E-state index in [0.717, 1.165) is 7.11 Å². The number of rotatable bonds is 3. The van der Waals surface area contributed by atoms with Crippen molar-refractivity contribution in [1.29, 1.82) is 0 Å². The van der Waals surface area contributed by atoms with E-state index in [4.69, 9.17) is 4.74 Å². The lowest BCUT2D eigenvalue weighted by molar-refractivity contribution is -0.0239. The molecule has 0 atom stereocenters. The monoisotopic (exact) mass is 267 g/mol. The Kier molecular flexibility index (Phi) is 4.00. The molecule has 0 aromatic heterocycles. The van der Waals surface area contributed by atoms with Crippen LogP contribution in [0, 0.1) is 0 Å². The minimum atomic E-state index is -3.94. The summed E-state index contributed by atoms with van der Waals surface area (Å²) in [5.74, 6) is 0. The molecule has 1 rings (SSSR count). The minimum absolute atomic E-state index is 0.178. The molecule has 1 aliphatic rings. The molecule has 17 heavy (non-hydrogen) atoms. The number of amides is 1. The van der Waals surface area contributed by atoms with Crippen molar-refractivity contribution in [3.05, 3.63) is 0 Å². The summed E-state index contributed by atoms with van der Waals surface area (Å²) in [6, 6.07) is 0. The summed E-state index contributed by atoms with van der Waals surface area (Å²) in [5.41, 5.74) is -0.568. The van der Waals surface area contributed by atoms with Crippen LogP contribution in [-0.4, -0.2) is 51.3 Å². The van der Waals surface area contributed by atoms with E-state index in [0.29, 0.717) is 0 Å². The van der Waals surface area contributed by atoms with Crippen LogP contribution in [0.25, 0.3) is 0 Å². The summed E-state index contributed by atoms with van der Waals surface area (Å²) in [4.78, 5) is 12.9. The first-order chi connectivity index (χ1) is 7.63. The van der Waals surface area contributed by atoms with Gasteiger partial charge in [0.05, 0.1) is 20.2 Å². The second kappa shape index (κ2) is 4.79. The van der Waals surface area contributed by atoms with Crippen molar-refractivity contribution in [3.63, 3.8) is 0 Å². The zero-order valence-corrected chi connectivity index (χ0v) is 11.1. The van der Waals surface area contributed by atoms with Crippen molar-refractivity contribution in [2.24, 2.45) is 0 Å². The molecule has 0 saturated carbocycles. The van der Waals surface area contributed by atoms with E-state index in [-0.39, 0.29) is 13.1 Å². The molecule has 1 aliphatic heterocycles. The van der Waals surface area contributed by atoms with Crippen molar-refractivity contribution < 1.29 is 26.3 Å². The predicted molar refractivity (Wildman–Crippen MR) is 58.6 cm³/mol. The van der Waals surface area contributed by atoms with Crippen LogP contribution in [0.5, 0.6) is 0 Å². The summed E-state index contributed by atoms with van der Waals surface area (Å²) < 4.78 is 35.7. The molecule has 8 heteroatoms. The molecule has 1 heterocycles. The zero-order valence-electron chi connectivity index (χ0n) is 10.3. The van der Waals surface area contributed by atoms with Crippen LogP contribution >= 0.6 is 0 Å². The Hall–Kier alpha value is -0.860. The first-order valence-electron chi connectivity index (χ1n) is 5.10. The third kappa shape index (κ3) is 4.49. The maximum atomic E-state index is 11.5. The summed E-state index contributed by atoms with van der Waals surface area (Å²) in [6.45, 7) is 5.63. The normalized spacial score (nSPS) is 17.8. The lowest BCUT2D eigenvalue weighted by atomic mass is 10.2. The third-order valence-electron chi connectivity index (χ3n) is 1.96. The van der Waals surface area contributed by atoms with Gasteiger partial charge in [0, 0.05) is 0 Å². The number of carbonyl (C=O) groups is 1. The minimum Gasteiger partial charge on any atom is -0.444 e. The van der Waals surface area contributed by atoms with Gasteiger partial charge in [0.2, 0.25) is 0 Å². The van der Waals surface area contributed by atoms with E-state index >= 15 is 0 Å². The number of likely N-dealkylation sites (tertiary alicyclic amines) is 1. The molecule has 0 aliphatic carbocycles. The van der Waals surface area contributed by atoms with Crippen LogP contribution in [-0.2, 0) is 23.5 Å². The fourth-order valence-electron chi connectivity index (χ4n) is 1.18. The SMILES string of the molecule is COS(=O)(=O)OC1CN(C(=O)OC(C)(C)C)C1. The molecule has 100 valence electrons. The molecule has 0 aromatic carbocycles. The number of carbonyl (C=O) groups excluding carboxylic acids is 1. The van der Waals surface area contributed by atoms with Gasteiger partial charge in [0.1, 0.15) is 11.7 Å². The van der Waals surface area contributed by atoms with Gasteiger partial charge in [0.25, 0.3) is 0 Å². The number of hydrogen-bond acceptors (Lipinski definition) is 6. The Balaban J connectivity index is 2.35. The Bertz CT molecular complexity index is 379. The number of nitrogens with zero attached hydrogens (tertiary/aromatic N) is 1. The standard InChI is InChI=1S/C9H17NO6S/c1-9(2,3)15-8(11)10-5-7(6-10)16-17(12,13)14-4/h7H,5-6H2,1-4H3. The summed E-state index contributed by atoms with van der Waals surface area (Å²) in [7, 11) is -2.93. The lowest BCUT2D eigenvalue weighted by Gasteiger charge is -2.38. The molecule has 0 aromatic rings. The molecule has 0 bridgehead atoms. The van der Waals surface area contributed by atoms with E-state index in [2.05, 4.69) is 8.37 Å². The second-order valence-electron chi connectivity index (χ2n) is 4.68. The van der Waals surface area contributed by atoms with Gasteiger partial charge in [-0.15, -0.1) is 0 Å². The second-order valence-corrected chi connectivity index (χ2v) is 6.02. The van der Waals surface area contributed by atoms with E-state index in [9.17, 15) is 13.2 Å². The largest absolute Gasteiger partial charge is 0.444 e. The van der Waals surface area contributed by atoms with Gasteiger partial charge in [-0.25, -0.2) is 8.98 Å². The van der Waals surface area contributed by atoms with Gasteiger partial charge in [-0.05, 0) is 20.8 Å². The highest BCUT2D eigenvalue weighted by atomic mass is 32.3. The first kappa shape index (κ1) is 14.2. The molecule has 7 nitrogen and oxygen atoms in total. The quantitative estimate of drug-likeness (QED) is 0.741. The van der Waals surface area contributed by atoms with Crippen LogP contribution in [0.15, 0.2) is 0 Å². The Labute approximate surface area is 101 Å². The lowest BCUT2D eigenvalue weighted by Crippen LogP contribution is -2.56. The average molecular weight is 267 g/mol. The summed E-state index contributed by atoms with van der Waals surface area (Å²) in [5, 5.41) is 0. The van der Waals surface area contributed by atoms with Crippen molar-refractivity contribution in [2.75, 3.05) is 20.2 Å². The van der Waals surface area contributed by atoms with Crippen molar-refractivity contribution in [1.82, 2.24) is 4.90 Å². The molecule has 0 N–H and O–H groups in total. The molecule has 0 unspecified atom stereocenters. The van der Waals surface area contributed by atoms with E-state index < -0.39 is 28.2 Å². The highest BCUT2D eigenvalue weighted by Gasteiger charge is 2.37. The Morgan fingerprint density at radius 1 is 1.29 bits per heavy atom. The van der Waals surface area contributed by atoms with Crippen LogP contribution in [0.2, 0.25) is 0 Å². The van der Waals surface area contributed by atoms with Crippen LogP contribution in [0.3, 0.4) is 0 Å². The smallest absolute Gasteiger partial charge is 0.410 e. The zero-order chi connectivity index (χ0) is 13.3. The summed E-state index contributed by atoms with van der Waals surface area (Å²) in [6.07, 6.45) is -1.04. The Morgan fingerprint density at radius 3 is 2.24 bits per heavy atom. The topological polar surface area (TPSA) is 82.1 Å². The fourth-order valence-corrected chi connectivity index (χ4v) is 1.71. The number of ether oxygens (including phenoxy) is 1. The third-order valence-corrected chi connectivity index (χ3v) is 2.87. The Morgan fingerprint density at radius 2 is 1.82 bits per heavy atom. The van der Waals surface area contributed by atoms with Crippen molar-refractivity contribution in [2.45, 2.75) is 32.5 Å². The van der Waals surface area contributed by atoms with Crippen LogP contribution in [0.4, 0.5) is 4.79 Å². The summed E-state index contributed by atoms with van der Waals surface area (Å²) >= 11 is 0. The van der Waals surface area contributed by atoms with Gasteiger partial charge in [-0.2, -0.15) is 8.42 Å².